The lowest BCUT2D eigenvalue weighted by atomic mass is 9.67. The van der Waals surface area contributed by atoms with Gasteiger partial charge in [0.2, 0.25) is 0 Å². The van der Waals surface area contributed by atoms with Crippen LogP contribution in [0, 0.1) is 0 Å². The minimum atomic E-state index is -0.249. The van der Waals surface area contributed by atoms with Crippen molar-refractivity contribution in [2.24, 2.45) is 0 Å². The quantitative estimate of drug-likeness (QED) is 0.320. The molecular formula is C28H23NS. The van der Waals surface area contributed by atoms with E-state index in [2.05, 4.69) is 110 Å². The van der Waals surface area contributed by atoms with Crippen molar-refractivity contribution in [1.82, 2.24) is 4.90 Å². The predicted molar refractivity (Wildman–Crippen MR) is 125 cm³/mol. The molecule has 0 unspecified atom stereocenters. The first-order valence-corrected chi connectivity index (χ1v) is 11.3. The van der Waals surface area contributed by atoms with E-state index < -0.39 is 0 Å². The second kappa shape index (κ2) is 6.60. The molecule has 0 bridgehead atoms. The van der Waals surface area contributed by atoms with Gasteiger partial charge >= 0.3 is 0 Å². The highest BCUT2D eigenvalue weighted by Crippen LogP contribution is 2.61. The van der Waals surface area contributed by atoms with Crippen molar-refractivity contribution in [2.45, 2.75) is 21.8 Å². The number of hydrogen-bond acceptors (Lipinski definition) is 2. The molecule has 0 fully saturated rings. The van der Waals surface area contributed by atoms with Crippen LogP contribution in [0.1, 0.15) is 27.8 Å². The lowest BCUT2D eigenvalue weighted by Gasteiger charge is -2.39. The summed E-state index contributed by atoms with van der Waals surface area (Å²) in [7, 11) is 4.26. The van der Waals surface area contributed by atoms with Crippen molar-refractivity contribution in [3.05, 3.63) is 119 Å². The van der Waals surface area contributed by atoms with Crippen LogP contribution in [-0.4, -0.2) is 19.0 Å². The third kappa shape index (κ3) is 2.35. The fourth-order valence-corrected chi connectivity index (χ4v) is 6.62. The van der Waals surface area contributed by atoms with Crippen LogP contribution in [0.25, 0.3) is 11.1 Å². The molecule has 0 N–H and O–H groups in total. The highest BCUT2D eigenvalue weighted by Gasteiger charge is 2.49. The Morgan fingerprint density at radius 2 is 1.20 bits per heavy atom. The van der Waals surface area contributed by atoms with Crippen LogP contribution in [0.5, 0.6) is 0 Å². The molecule has 1 nitrogen and oxygen atoms in total. The third-order valence-electron chi connectivity index (χ3n) is 6.41. The summed E-state index contributed by atoms with van der Waals surface area (Å²) < 4.78 is 0. The Bertz CT molecular complexity index is 1240. The molecular weight excluding hydrogens is 382 g/mol. The molecule has 1 aliphatic heterocycles. The van der Waals surface area contributed by atoms with Crippen LogP contribution in [0.2, 0.25) is 0 Å². The summed E-state index contributed by atoms with van der Waals surface area (Å²) in [6, 6.07) is 34.0. The summed E-state index contributed by atoms with van der Waals surface area (Å²) in [4.78, 5) is 4.97. The van der Waals surface area contributed by atoms with E-state index in [9.17, 15) is 0 Å². The monoisotopic (exact) mass is 405 g/mol. The molecule has 0 radical (unpaired) electrons. The van der Waals surface area contributed by atoms with E-state index in [1.165, 1.54) is 48.7 Å². The van der Waals surface area contributed by atoms with Crippen molar-refractivity contribution in [2.75, 3.05) is 14.1 Å². The van der Waals surface area contributed by atoms with Gasteiger partial charge in [0.15, 0.2) is 0 Å². The van der Waals surface area contributed by atoms with Gasteiger partial charge in [-0.3, -0.25) is 0 Å². The minimum absolute atomic E-state index is 0.249. The Labute approximate surface area is 182 Å². The largest absolute Gasteiger partial charge is 0.305 e. The predicted octanol–water partition coefficient (Wildman–Crippen LogP) is 6.58. The first-order valence-electron chi connectivity index (χ1n) is 10.4. The van der Waals surface area contributed by atoms with Gasteiger partial charge in [-0.1, -0.05) is 90.6 Å². The summed E-state index contributed by atoms with van der Waals surface area (Å²) in [5.41, 5.74) is 9.45. The molecule has 0 amide bonds. The van der Waals surface area contributed by atoms with E-state index in [1.54, 1.807) is 0 Å². The zero-order valence-electron chi connectivity index (χ0n) is 17.2. The maximum atomic E-state index is 2.40. The molecule has 1 aliphatic carbocycles. The molecule has 146 valence electrons. The van der Waals surface area contributed by atoms with Crippen molar-refractivity contribution < 1.29 is 0 Å². The average Bonchev–Trinajstić information content (AvgIpc) is 3.05. The summed E-state index contributed by atoms with van der Waals surface area (Å²) in [6.45, 7) is 0.954. The lowest BCUT2D eigenvalue weighted by molar-refractivity contribution is 0.402. The fourth-order valence-electron chi connectivity index (χ4n) is 5.37. The molecule has 6 rings (SSSR count). The molecule has 0 saturated heterocycles. The van der Waals surface area contributed by atoms with Gasteiger partial charge in [-0.2, -0.15) is 0 Å². The Kier molecular flexibility index (Phi) is 3.96. The summed E-state index contributed by atoms with van der Waals surface area (Å²) in [6.07, 6.45) is 0. The number of rotatable bonds is 2. The van der Waals surface area contributed by atoms with Gasteiger partial charge in [0.05, 0.1) is 5.41 Å². The summed E-state index contributed by atoms with van der Waals surface area (Å²) in [5.74, 6) is 0. The van der Waals surface area contributed by atoms with Gasteiger partial charge in [-0.05, 0) is 65.2 Å². The molecule has 1 spiro atoms. The van der Waals surface area contributed by atoms with Crippen molar-refractivity contribution in [3.63, 3.8) is 0 Å². The average molecular weight is 406 g/mol. The number of benzene rings is 4. The second-order valence-corrected chi connectivity index (χ2v) is 9.59. The van der Waals surface area contributed by atoms with Gasteiger partial charge in [-0.25, -0.2) is 0 Å². The Hall–Kier alpha value is -2.81. The maximum absolute atomic E-state index is 2.40. The van der Waals surface area contributed by atoms with Crippen molar-refractivity contribution in [1.29, 1.82) is 0 Å². The second-order valence-electron chi connectivity index (χ2n) is 8.51. The van der Waals surface area contributed by atoms with Gasteiger partial charge in [0.1, 0.15) is 0 Å². The van der Waals surface area contributed by atoms with Crippen LogP contribution in [0.4, 0.5) is 0 Å². The highest BCUT2D eigenvalue weighted by molar-refractivity contribution is 7.99. The molecule has 2 heteroatoms. The first-order chi connectivity index (χ1) is 14.7. The normalized spacial score (nSPS) is 14.9. The molecule has 0 saturated carbocycles. The lowest BCUT2D eigenvalue weighted by Crippen LogP contribution is -2.32. The van der Waals surface area contributed by atoms with Gasteiger partial charge < -0.3 is 4.90 Å². The Balaban J connectivity index is 1.73. The highest BCUT2D eigenvalue weighted by atomic mass is 32.2. The van der Waals surface area contributed by atoms with Crippen LogP contribution < -0.4 is 0 Å². The minimum Gasteiger partial charge on any atom is -0.305 e. The van der Waals surface area contributed by atoms with E-state index in [-0.39, 0.29) is 5.41 Å². The van der Waals surface area contributed by atoms with Gasteiger partial charge in [0, 0.05) is 16.3 Å². The Morgan fingerprint density at radius 1 is 0.633 bits per heavy atom. The molecule has 4 aromatic carbocycles. The Morgan fingerprint density at radius 3 is 1.87 bits per heavy atom. The summed E-state index contributed by atoms with van der Waals surface area (Å²) >= 11 is 1.92. The SMILES string of the molecule is CN(C)Cc1ccc2c(c1)Sc1ccccc1C21c2ccccc2-c2ccccc21. The summed E-state index contributed by atoms with van der Waals surface area (Å²) in [5, 5.41) is 0. The molecule has 2 aliphatic rings. The number of fused-ring (bicyclic) bond motifs is 9. The van der Waals surface area contributed by atoms with Crippen LogP contribution in [0.15, 0.2) is 101 Å². The van der Waals surface area contributed by atoms with E-state index in [1.807, 2.05) is 11.8 Å². The zero-order valence-corrected chi connectivity index (χ0v) is 18.0. The molecule has 30 heavy (non-hydrogen) atoms. The molecule has 0 atom stereocenters. The standard InChI is InChI=1S/C28H23NS/c1-29(2)18-19-15-16-25-27(17-19)30-26-14-8-7-13-24(26)28(25)22-11-5-3-9-20(22)21-10-4-6-12-23(21)28/h3-17H,18H2,1-2H3. The van der Waals surface area contributed by atoms with Gasteiger partial charge in [0.25, 0.3) is 0 Å². The van der Waals surface area contributed by atoms with Crippen LogP contribution in [0.3, 0.4) is 0 Å². The zero-order chi connectivity index (χ0) is 20.3. The van der Waals surface area contributed by atoms with E-state index in [0.717, 1.165) is 6.54 Å². The fraction of sp³-hybridized carbons (Fsp3) is 0.143. The molecule has 1 heterocycles. The van der Waals surface area contributed by atoms with E-state index in [0.29, 0.717) is 0 Å². The van der Waals surface area contributed by atoms with Crippen molar-refractivity contribution >= 4 is 11.8 Å². The molecule has 0 aromatic heterocycles. The van der Waals surface area contributed by atoms with E-state index in [4.69, 9.17) is 0 Å². The molecule has 4 aromatic rings. The van der Waals surface area contributed by atoms with Crippen molar-refractivity contribution in [3.8, 4) is 11.1 Å². The van der Waals surface area contributed by atoms with Crippen LogP contribution in [-0.2, 0) is 12.0 Å². The maximum Gasteiger partial charge on any atom is 0.0735 e. The van der Waals surface area contributed by atoms with Crippen LogP contribution >= 0.6 is 11.8 Å². The third-order valence-corrected chi connectivity index (χ3v) is 7.55. The topological polar surface area (TPSA) is 3.24 Å². The van der Waals surface area contributed by atoms with E-state index >= 15 is 0 Å². The smallest absolute Gasteiger partial charge is 0.0735 e. The number of hydrogen-bond donors (Lipinski definition) is 0. The number of nitrogens with zero attached hydrogens (tertiary/aromatic N) is 1. The first kappa shape index (κ1) is 18.0. The van der Waals surface area contributed by atoms with Gasteiger partial charge in [-0.15, -0.1) is 0 Å².